The maximum Gasteiger partial charge on any atom is 0.411 e. The van der Waals surface area contributed by atoms with Gasteiger partial charge in [0, 0.05) is 24.9 Å². The first-order valence-electron chi connectivity index (χ1n) is 9.59. The third kappa shape index (κ3) is 3.74. The molecular weight excluding hydrogens is 362 g/mol. The molecule has 3 aliphatic rings. The molecular formula is C20H27N3O3S. The molecule has 1 aromatic rings. The van der Waals surface area contributed by atoms with E-state index >= 15 is 0 Å². The van der Waals surface area contributed by atoms with Crippen LogP contribution < -0.4 is 9.80 Å². The fraction of sp³-hybridized carbons (Fsp3) is 0.600. The van der Waals surface area contributed by atoms with Crippen LogP contribution in [0.15, 0.2) is 24.3 Å². The number of ether oxygens (including phenoxy) is 1. The van der Waals surface area contributed by atoms with Crippen LogP contribution in [0.5, 0.6) is 0 Å². The summed E-state index contributed by atoms with van der Waals surface area (Å²) in [6.45, 7) is 7.05. The zero-order valence-electron chi connectivity index (χ0n) is 16.2. The molecule has 6 nitrogen and oxygen atoms in total. The molecule has 0 unspecified atom stereocenters. The first-order chi connectivity index (χ1) is 12.8. The number of para-hydroxylation sites is 2. The molecule has 146 valence electrons. The summed E-state index contributed by atoms with van der Waals surface area (Å²) < 4.78 is 5.51. The quantitative estimate of drug-likeness (QED) is 0.777. The Morgan fingerprint density at radius 3 is 2.48 bits per heavy atom. The van der Waals surface area contributed by atoms with E-state index in [4.69, 9.17) is 4.74 Å². The second-order valence-corrected chi connectivity index (χ2v) is 9.37. The molecule has 7 heteroatoms. The van der Waals surface area contributed by atoms with Crippen molar-refractivity contribution in [2.24, 2.45) is 0 Å². The van der Waals surface area contributed by atoms with Gasteiger partial charge in [-0.1, -0.05) is 12.1 Å². The molecule has 1 aliphatic carbocycles. The molecule has 2 heterocycles. The van der Waals surface area contributed by atoms with Crippen LogP contribution in [0, 0.1) is 0 Å². The fourth-order valence-corrected chi connectivity index (χ4v) is 4.84. The average Bonchev–Trinajstić information content (AvgIpc) is 3.34. The molecule has 0 radical (unpaired) electrons. The summed E-state index contributed by atoms with van der Waals surface area (Å²) >= 11 is 1.60. The number of rotatable bonds is 2. The van der Waals surface area contributed by atoms with Crippen molar-refractivity contribution in [3.63, 3.8) is 0 Å². The first kappa shape index (κ1) is 18.5. The molecule has 4 rings (SSSR count). The molecule has 2 amide bonds. The normalized spacial score (nSPS) is 22.6. The van der Waals surface area contributed by atoms with E-state index in [0.29, 0.717) is 24.2 Å². The number of benzene rings is 1. The van der Waals surface area contributed by atoms with Crippen molar-refractivity contribution in [3.8, 4) is 0 Å². The number of anilines is 2. The van der Waals surface area contributed by atoms with Crippen LogP contribution in [0.4, 0.5) is 16.2 Å². The molecule has 2 fully saturated rings. The highest BCUT2D eigenvalue weighted by Crippen LogP contribution is 2.40. The van der Waals surface area contributed by atoms with Crippen LogP contribution in [0.3, 0.4) is 0 Å². The molecule has 0 aromatic heterocycles. The Kier molecular flexibility index (Phi) is 4.74. The number of amides is 2. The largest absolute Gasteiger partial charge is 0.444 e. The van der Waals surface area contributed by atoms with E-state index in [-0.39, 0.29) is 5.91 Å². The highest BCUT2D eigenvalue weighted by molar-refractivity contribution is 7.99. The average molecular weight is 390 g/mol. The molecule has 1 saturated heterocycles. The summed E-state index contributed by atoms with van der Waals surface area (Å²) in [6, 6.07) is 8.27. The van der Waals surface area contributed by atoms with Crippen molar-refractivity contribution >= 4 is 35.1 Å². The predicted octanol–water partition coefficient (Wildman–Crippen LogP) is 3.31. The Morgan fingerprint density at radius 2 is 1.81 bits per heavy atom. The van der Waals surface area contributed by atoms with E-state index < -0.39 is 17.7 Å². The molecule has 1 aromatic carbocycles. The maximum absolute atomic E-state index is 13.4. The summed E-state index contributed by atoms with van der Waals surface area (Å²) in [4.78, 5) is 31.8. The minimum absolute atomic E-state index is 0.00578. The van der Waals surface area contributed by atoms with E-state index in [2.05, 4.69) is 11.0 Å². The van der Waals surface area contributed by atoms with Gasteiger partial charge in [0.2, 0.25) is 0 Å². The smallest absolute Gasteiger partial charge is 0.411 e. The van der Waals surface area contributed by atoms with E-state index in [0.717, 1.165) is 17.9 Å². The molecule has 0 N–H and O–H groups in total. The van der Waals surface area contributed by atoms with Gasteiger partial charge in [0.1, 0.15) is 11.6 Å². The Balaban J connectivity index is 1.55. The lowest BCUT2D eigenvalue weighted by Gasteiger charge is -2.39. The third-order valence-corrected chi connectivity index (χ3v) is 6.11. The zero-order valence-corrected chi connectivity index (χ0v) is 17.0. The standard InChI is InChI=1S/C20H27N3O3S/c1-20(2,3)26-19(25)23-13-27-12-17(23)18(24)22-11-10-21(14-8-9-14)15-6-4-5-7-16(15)22/h4-7,14,17H,8-13H2,1-3H3/t17-/m0/s1. The number of nitrogens with zero attached hydrogens (tertiary/aromatic N) is 3. The second kappa shape index (κ2) is 6.93. The van der Waals surface area contributed by atoms with Gasteiger partial charge in [-0.15, -0.1) is 11.8 Å². The van der Waals surface area contributed by atoms with E-state index in [1.54, 1.807) is 16.7 Å². The Bertz CT molecular complexity index is 744. The maximum atomic E-state index is 13.4. The van der Waals surface area contributed by atoms with Gasteiger partial charge in [-0.3, -0.25) is 9.69 Å². The van der Waals surface area contributed by atoms with Gasteiger partial charge in [-0.05, 0) is 45.7 Å². The number of hydrogen-bond acceptors (Lipinski definition) is 5. The minimum atomic E-state index is -0.569. The summed E-state index contributed by atoms with van der Waals surface area (Å²) in [7, 11) is 0. The number of fused-ring (bicyclic) bond motifs is 1. The first-order valence-corrected chi connectivity index (χ1v) is 10.7. The monoisotopic (exact) mass is 389 g/mol. The van der Waals surface area contributed by atoms with Crippen molar-refractivity contribution in [1.29, 1.82) is 0 Å². The number of thioether (sulfide) groups is 1. The summed E-state index contributed by atoms with van der Waals surface area (Å²) in [5.41, 5.74) is 1.52. The van der Waals surface area contributed by atoms with Gasteiger partial charge < -0.3 is 14.5 Å². The van der Waals surface area contributed by atoms with Crippen molar-refractivity contribution in [1.82, 2.24) is 4.90 Å². The van der Waals surface area contributed by atoms with Gasteiger partial charge in [-0.2, -0.15) is 0 Å². The molecule has 1 saturated carbocycles. The topological polar surface area (TPSA) is 53.1 Å². The highest BCUT2D eigenvalue weighted by atomic mass is 32.2. The summed E-state index contributed by atoms with van der Waals surface area (Å²) in [5, 5.41) is 0. The van der Waals surface area contributed by atoms with Gasteiger partial charge in [0.05, 0.1) is 17.3 Å². The third-order valence-electron chi connectivity index (χ3n) is 5.10. The van der Waals surface area contributed by atoms with Crippen LogP contribution >= 0.6 is 11.8 Å². The highest BCUT2D eigenvalue weighted by Gasteiger charge is 2.42. The lowest BCUT2D eigenvalue weighted by Crippen LogP contribution is -2.53. The Morgan fingerprint density at radius 1 is 1.11 bits per heavy atom. The zero-order chi connectivity index (χ0) is 19.2. The van der Waals surface area contributed by atoms with E-state index in [1.807, 2.05) is 43.9 Å². The summed E-state index contributed by atoms with van der Waals surface area (Å²) in [6.07, 6.45) is 2.05. The molecule has 0 spiro atoms. The minimum Gasteiger partial charge on any atom is -0.444 e. The van der Waals surface area contributed by atoms with E-state index in [9.17, 15) is 9.59 Å². The number of carbonyl (C=O) groups is 2. The van der Waals surface area contributed by atoms with Crippen LogP contribution in [0.2, 0.25) is 0 Å². The van der Waals surface area contributed by atoms with Crippen LogP contribution in [-0.4, -0.2) is 59.3 Å². The lowest BCUT2D eigenvalue weighted by molar-refractivity contribution is -0.122. The van der Waals surface area contributed by atoms with Crippen molar-refractivity contribution in [3.05, 3.63) is 24.3 Å². The van der Waals surface area contributed by atoms with Gasteiger partial charge >= 0.3 is 6.09 Å². The molecule has 2 aliphatic heterocycles. The Hall–Kier alpha value is -1.89. The van der Waals surface area contributed by atoms with Crippen LogP contribution in [0.25, 0.3) is 0 Å². The van der Waals surface area contributed by atoms with Gasteiger partial charge in [0.15, 0.2) is 0 Å². The summed E-state index contributed by atoms with van der Waals surface area (Å²) in [5.74, 6) is 1.10. The molecule has 27 heavy (non-hydrogen) atoms. The van der Waals surface area contributed by atoms with Gasteiger partial charge in [0.25, 0.3) is 5.91 Å². The van der Waals surface area contributed by atoms with E-state index in [1.165, 1.54) is 12.8 Å². The number of carbonyl (C=O) groups excluding carboxylic acids is 2. The predicted molar refractivity (Wildman–Crippen MR) is 108 cm³/mol. The Labute approximate surface area is 164 Å². The fourth-order valence-electron chi connectivity index (χ4n) is 3.71. The molecule has 1 atom stereocenters. The SMILES string of the molecule is CC(C)(C)OC(=O)N1CSC[C@H]1C(=O)N1CCN(C2CC2)c2ccccc21. The number of hydrogen-bond donors (Lipinski definition) is 0. The van der Waals surface area contributed by atoms with Crippen LogP contribution in [0.1, 0.15) is 33.6 Å². The lowest BCUT2D eigenvalue weighted by atomic mass is 10.1. The van der Waals surface area contributed by atoms with Crippen LogP contribution in [-0.2, 0) is 9.53 Å². The van der Waals surface area contributed by atoms with Crippen molar-refractivity contribution in [2.45, 2.75) is 51.3 Å². The molecule has 0 bridgehead atoms. The van der Waals surface area contributed by atoms with Gasteiger partial charge in [-0.25, -0.2) is 4.79 Å². The van der Waals surface area contributed by atoms with Crippen molar-refractivity contribution in [2.75, 3.05) is 34.5 Å². The van der Waals surface area contributed by atoms with Crippen molar-refractivity contribution < 1.29 is 14.3 Å². The second-order valence-electron chi connectivity index (χ2n) is 8.37.